The molecule has 0 saturated heterocycles. The van der Waals surface area contributed by atoms with E-state index in [1.807, 2.05) is 12.2 Å². The molecule has 0 atom stereocenters. The third-order valence-electron chi connectivity index (χ3n) is 2.05. The molecule has 1 aromatic heterocycles. The van der Waals surface area contributed by atoms with Crippen molar-refractivity contribution in [3.8, 4) is 0 Å². The number of rotatable bonds is 1. The van der Waals surface area contributed by atoms with Crippen LogP contribution in [0, 0.1) is 10.1 Å². The van der Waals surface area contributed by atoms with Crippen molar-refractivity contribution in [2.24, 2.45) is 0 Å². The Labute approximate surface area is 75.1 Å². The number of aromatic nitrogens is 1. The fourth-order valence-electron chi connectivity index (χ4n) is 1.38. The van der Waals surface area contributed by atoms with Gasteiger partial charge >= 0.3 is 0 Å². The van der Waals surface area contributed by atoms with Gasteiger partial charge < -0.3 is 0 Å². The number of hydrogen-bond donors (Lipinski definition) is 0. The summed E-state index contributed by atoms with van der Waals surface area (Å²) in [7, 11) is 0. The average Bonchev–Trinajstić information content (AvgIpc) is 2.17. The van der Waals surface area contributed by atoms with Crippen LogP contribution in [0.1, 0.15) is 17.7 Å². The van der Waals surface area contributed by atoms with Gasteiger partial charge in [-0.2, -0.15) is 0 Å². The second-order valence-electron chi connectivity index (χ2n) is 2.93. The number of fused-ring (bicyclic) bond motifs is 1. The summed E-state index contributed by atoms with van der Waals surface area (Å²) in [5, 5.41) is 10.4. The number of nitro groups is 1. The van der Waals surface area contributed by atoms with Crippen LogP contribution in [0.5, 0.6) is 0 Å². The first-order valence-electron chi connectivity index (χ1n) is 4.07. The molecule has 0 unspecified atom stereocenters. The van der Waals surface area contributed by atoms with Crippen LogP contribution < -0.4 is 0 Å². The van der Waals surface area contributed by atoms with E-state index in [2.05, 4.69) is 4.98 Å². The molecule has 0 bridgehead atoms. The van der Waals surface area contributed by atoms with Gasteiger partial charge in [0.05, 0.1) is 4.92 Å². The molecule has 4 nitrogen and oxygen atoms in total. The Morgan fingerprint density at radius 3 is 3.15 bits per heavy atom. The highest BCUT2D eigenvalue weighted by Crippen LogP contribution is 2.21. The zero-order valence-corrected chi connectivity index (χ0v) is 6.93. The van der Waals surface area contributed by atoms with Crippen molar-refractivity contribution in [1.29, 1.82) is 0 Å². The van der Waals surface area contributed by atoms with Crippen LogP contribution in [-0.2, 0) is 6.42 Å². The van der Waals surface area contributed by atoms with E-state index in [4.69, 9.17) is 0 Å². The summed E-state index contributed by atoms with van der Waals surface area (Å²) in [6.07, 6.45) is 7.06. The van der Waals surface area contributed by atoms with Gasteiger partial charge in [0.1, 0.15) is 6.20 Å². The SMILES string of the molecule is O=[N+]([O-])c1cnc2c(c1)C=CCC2. The molecule has 66 valence electrons. The van der Waals surface area contributed by atoms with Crippen LogP contribution in [0.4, 0.5) is 5.69 Å². The first kappa shape index (κ1) is 7.91. The second kappa shape index (κ2) is 2.97. The molecule has 1 aromatic rings. The standard InChI is InChI=1S/C9H8N2O2/c12-11(13)8-5-7-3-1-2-4-9(7)10-6-8/h1,3,5-6H,2,4H2. The summed E-state index contributed by atoms with van der Waals surface area (Å²) in [6.45, 7) is 0. The smallest absolute Gasteiger partial charge is 0.258 e. The highest BCUT2D eigenvalue weighted by Gasteiger charge is 2.11. The Kier molecular flexibility index (Phi) is 1.81. The molecule has 0 spiro atoms. The van der Waals surface area contributed by atoms with Crippen molar-refractivity contribution < 1.29 is 4.92 Å². The number of pyridine rings is 1. The molecule has 1 aliphatic carbocycles. The van der Waals surface area contributed by atoms with Gasteiger partial charge in [-0.25, -0.2) is 0 Å². The van der Waals surface area contributed by atoms with E-state index in [0.29, 0.717) is 0 Å². The van der Waals surface area contributed by atoms with E-state index in [0.717, 1.165) is 24.1 Å². The average molecular weight is 176 g/mol. The molecular weight excluding hydrogens is 168 g/mol. The van der Waals surface area contributed by atoms with Crippen LogP contribution in [0.25, 0.3) is 6.08 Å². The van der Waals surface area contributed by atoms with E-state index >= 15 is 0 Å². The Morgan fingerprint density at radius 1 is 1.54 bits per heavy atom. The van der Waals surface area contributed by atoms with Crippen LogP contribution >= 0.6 is 0 Å². The Bertz CT molecular complexity index is 385. The molecule has 0 aromatic carbocycles. The van der Waals surface area contributed by atoms with Gasteiger partial charge in [0.2, 0.25) is 0 Å². The Hall–Kier alpha value is -1.71. The zero-order chi connectivity index (χ0) is 9.26. The first-order valence-corrected chi connectivity index (χ1v) is 4.07. The van der Waals surface area contributed by atoms with Gasteiger partial charge in [-0.15, -0.1) is 0 Å². The first-order chi connectivity index (χ1) is 6.27. The van der Waals surface area contributed by atoms with Crippen LogP contribution in [0.2, 0.25) is 0 Å². The molecule has 1 heterocycles. The molecule has 0 N–H and O–H groups in total. The second-order valence-corrected chi connectivity index (χ2v) is 2.93. The fraction of sp³-hybridized carbons (Fsp3) is 0.222. The fourth-order valence-corrected chi connectivity index (χ4v) is 1.38. The summed E-state index contributed by atoms with van der Waals surface area (Å²) in [6, 6.07) is 1.57. The maximum absolute atomic E-state index is 10.4. The highest BCUT2D eigenvalue weighted by molar-refractivity contribution is 5.57. The summed E-state index contributed by atoms with van der Waals surface area (Å²) in [5.41, 5.74) is 1.89. The van der Waals surface area contributed by atoms with Crippen LogP contribution in [0.15, 0.2) is 18.3 Å². The molecule has 0 saturated carbocycles. The van der Waals surface area contributed by atoms with Gasteiger partial charge in [0.15, 0.2) is 0 Å². The van der Waals surface area contributed by atoms with E-state index < -0.39 is 4.92 Å². The van der Waals surface area contributed by atoms with Crippen LogP contribution in [-0.4, -0.2) is 9.91 Å². The summed E-state index contributed by atoms with van der Waals surface area (Å²) < 4.78 is 0. The maximum atomic E-state index is 10.4. The normalized spacial score (nSPS) is 13.8. The monoisotopic (exact) mass is 176 g/mol. The molecule has 4 heteroatoms. The van der Waals surface area contributed by atoms with Gasteiger partial charge in [0.25, 0.3) is 5.69 Å². The molecule has 2 rings (SSSR count). The van der Waals surface area contributed by atoms with Crippen molar-refractivity contribution in [3.05, 3.63) is 39.7 Å². The van der Waals surface area contributed by atoms with Gasteiger partial charge in [-0.1, -0.05) is 12.2 Å². The van der Waals surface area contributed by atoms with Gasteiger partial charge in [0, 0.05) is 17.3 Å². The van der Waals surface area contributed by atoms with Crippen molar-refractivity contribution in [2.75, 3.05) is 0 Å². The van der Waals surface area contributed by atoms with Crippen molar-refractivity contribution >= 4 is 11.8 Å². The largest absolute Gasteiger partial charge is 0.288 e. The third kappa shape index (κ3) is 1.42. The number of allylic oxidation sites excluding steroid dienone is 1. The van der Waals surface area contributed by atoms with Crippen molar-refractivity contribution in [1.82, 2.24) is 4.98 Å². The Balaban J connectivity index is 2.48. The minimum absolute atomic E-state index is 0.0605. The van der Waals surface area contributed by atoms with E-state index in [1.54, 1.807) is 6.07 Å². The van der Waals surface area contributed by atoms with Gasteiger partial charge in [-0.3, -0.25) is 15.1 Å². The Morgan fingerprint density at radius 2 is 2.38 bits per heavy atom. The maximum Gasteiger partial charge on any atom is 0.288 e. The predicted octanol–water partition coefficient (Wildman–Crippen LogP) is 1.95. The van der Waals surface area contributed by atoms with E-state index in [9.17, 15) is 10.1 Å². The van der Waals surface area contributed by atoms with Gasteiger partial charge in [-0.05, 0) is 12.8 Å². The minimum atomic E-state index is -0.421. The van der Waals surface area contributed by atoms with E-state index in [-0.39, 0.29) is 5.69 Å². The number of nitrogens with zero attached hydrogens (tertiary/aromatic N) is 2. The van der Waals surface area contributed by atoms with Crippen molar-refractivity contribution in [3.63, 3.8) is 0 Å². The predicted molar refractivity (Wildman–Crippen MR) is 48.2 cm³/mol. The minimum Gasteiger partial charge on any atom is -0.258 e. The molecular formula is C9H8N2O2. The number of aryl methyl sites for hydroxylation is 1. The zero-order valence-electron chi connectivity index (χ0n) is 6.93. The molecule has 0 fully saturated rings. The molecule has 0 radical (unpaired) electrons. The third-order valence-corrected chi connectivity index (χ3v) is 2.05. The highest BCUT2D eigenvalue weighted by atomic mass is 16.6. The summed E-state index contributed by atoms with van der Waals surface area (Å²) in [4.78, 5) is 14.1. The number of hydrogen-bond acceptors (Lipinski definition) is 3. The lowest BCUT2D eigenvalue weighted by molar-refractivity contribution is -0.385. The lowest BCUT2D eigenvalue weighted by atomic mass is 10.0. The van der Waals surface area contributed by atoms with E-state index in [1.165, 1.54) is 6.20 Å². The summed E-state index contributed by atoms with van der Waals surface area (Å²) in [5.74, 6) is 0. The topological polar surface area (TPSA) is 56.0 Å². The molecule has 0 aliphatic heterocycles. The molecule has 1 aliphatic rings. The van der Waals surface area contributed by atoms with Crippen LogP contribution in [0.3, 0.4) is 0 Å². The molecule has 13 heavy (non-hydrogen) atoms. The summed E-state index contributed by atoms with van der Waals surface area (Å²) >= 11 is 0. The lowest BCUT2D eigenvalue weighted by Crippen LogP contribution is -1.99. The van der Waals surface area contributed by atoms with Crippen molar-refractivity contribution in [2.45, 2.75) is 12.8 Å². The lowest BCUT2D eigenvalue weighted by Gasteiger charge is -2.07. The molecule has 0 amide bonds. The quantitative estimate of drug-likeness (QED) is 0.485.